The van der Waals surface area contributed by atoms with Crippen molar-refractivity contribution in [2.24, 2.45) is 5.92 Å². The lowest BCUT2D eigenvalue weighted by Gasteiger charge is -2.39. The second-order valence-electron chi connectivity index (χ2n) is 6.97. The summed E-state index contributed by atoms with van der Waals surface area (Å²) in [5.74, 6) is 1.06. The normalized spacial score (nSPS) is 34.2. The van der Waals surface area contributed by atoms with Gasteiger partial charge in [0.1, 0.15) is 0 Å². The van der Waals surface area contributed by atoms with E-state index in [0.29, 0.717) is 6.61 Å². The molecule has 1 aromatic carbocycles. The fraction of sp³-hybridized carbons (Fsp3) is 0.667. The molecule has 114 valence electrons. The highest BCUT2D eigenvalue weighted by Gasteiger charge is 2.43. The third-order valence-corrected chi connectivity index (χ3v) is 5.37. The Balaban J connectivity index is 1.46. The summed E-state index contributed by atoms with van der Waals surface area (Å²) in [7, 11) is 0. The van der Waals surface area contributed by atoms with Gasteiger partial charge in [-0.25, -0.2) is 0 Å². The van der Waals surface area contributed by atoms with Crippen LogP contribution in [0.5, 0.6) is 0 Å². The summed E-state index contributed by atoms with van der Waals surface area (Å²) in [6, 6.07) is 8.63. The van der Waals surface area contributed by atoms with Crippen molar-refractivity contribution in [2.45, 2.75) is 49.7 Å². The quantitative estimate of drug-likeness (QED) is 0.928. The first kappa shape index (κ1) is 13.7. The van der Waals surface area contributed by atoms with Crippen LogP contribution in [0.25, 0.3) is 0 Å². The van der Waals surface area contributed by atoms with Crippen LogP contribution in [-0.4, -0.2) is 30.5 Å². The third kappa shape index (κ3) is 2.75. The van der Waals surface area contributed by atoms with Gasteiger partial charge in [-0.05, 0) is 48.6 Å². The summed E-state index contributed by atoms with van der Waals surface area (Å²) < 4.78 is 11.5. The highest BCUT2D eigenvalue weighted by Crippen LogP contribution is 2.42. The lowest BCUT2D eigenvalue weighted by Crippen LogP contribution is -2.41. The van der Waals surface area contributed by atoms with Gasteiger partial charge in [0.2, 0.25) is 0 Å². The van der Waals surface area contributed by atoms with Gasteiger partial charge in [0.05, 0.1) is 18.3 Å². The number of hydrogen-bond acceptors (Lipinski definition) is 3. The maximum Gasteiger partial charge on any atom is 0.0940 e. The molecule has 1 aromatic rings. The van der Waals surface area contributed by atoms with Crippen molar-refractivity contribution in [3.63, 3.8) is 0 Å². The van der Waals surface area contributed by atoms with Crippen LogP contribution in [0.2, 0.25) is 0 Å². The number of rotatable bonds is 3. The molecular weight excluding hydrogens is 264 g/mol. The number of ether oxygens (including phenoxy) is 2. The predicted molar refractivity (Wildman–Crippen MR) is 80.2 cm³/mol. The summed E-state index contributed by atoms with van der Waals surface area (Å²) in [6.45, 7) is 2.22. The second kappa shape index (κ2) is 5.38. The highest BCUT2D eigenvalue weighted by atomic mass is 16.6. The Kier molecular flexibility index (Phi) is 3.52. The van der Waals surface area contributed by atoms with Crippen LogP contribution in [0, 0.1) is 5.92 Å². The van der Waals surface area contributed by atoms with Crippen molar-refractivity contribution in [3.8, 4) is 0 Å². The lowest BCUT2D eigenvalue weighted by molar-refractivity contribution is -0.117. The van der Waals surface area contributed by atoms with Crippen molar-refractivity contribution in [3.05, 3.63) is 35.4 Å². The van der Waals surface area contributed by atoms with Gasteiger partial charge >= 0.3 is 0 Å². The van der Waals surface area contributed by atoms with E-state index in [1.54, 1.807) is 0 Å². The molecular formula is C18H24O3. The predicted octanol–water partition coefficient (Wildman–Crippen LogP) is 3.18. The van der Waals surface area contributed by atoms with Crippen LogP contribution < -0.4 is 0 Å². The molecule has 4 rings (SSSR count). The summed E-state index contributed by atoms with van der Waals surface area (Å²) in [5, 5.41) is 10.7. The van der Waals surface area contributed by atoms with Gasteiger partial charge in [0.15, 0.2) is 0 Å². The van der Waals surface area contributed by atoms with Gasteiger partial charge < -0.3 is 14.6 Å². The summed E-state index contributed by atoms with van der Waals surface area (Å²) in [6.07, 6.45) is 5.09. The first-order chi connectivity index (χ1) is 10.3. The molecule has 0 radical (unpaired) electrons. The molecule has 1 N–H and O–H groups in total. The van der Waals surface area contributed by atoms with Crippen LogP contribution in [0.4, 0.5) is 0 Å². The minimum Gasteiger partial charge on any atom is -0.388 e. The van der Waals surface area contributed by atoms with Gasteiger partial charge in [-0.2, -0.15) is 0 Å². The maximum absolute atomic E-state index is 10.7. The van der Waals surface area contributed by atoms with Gasteiger partial charge in [-0.3, -0.25) is 0 Å². The second-order valence-corrected chi connectivity index (χ2v) is 6.97. The molecule has 1 spiro atoms. The van der Waals surface area contributed by atoms with Crippen molar-refractivity contribution in [2.75, 3.05) is 19.8 Å². The average molecular weight is 288 g/mol. The maximum atomic E-state index is 10.7. The molecule has 1 aliphatic carbocycles. The van der Waals surface area contributed by atoms with Crippen LogP contribution in [-0.2, 0) is 9.47 Å². The fourth-order valence-corrected chi connectivity index (χ4v) is 3.85. The first-order valence-corrected chi connectivity index (χ1v) is 8.25. The van der Waals surface area contributed by atoms with Gasteiger partial charge in [-0.1, -0.05) is 24.3 Å². The number of aliphatic hydroxyl groups is 1. The Morgan fingerprint density at radius 2 is 1.90 bits per heavy atom. The molecule has 1 saturated carbocycles. The van der Waals surface area contributed by atoms with Gasteiger partial charge in [-0.15, -0.1) is 0 Å². The van der Waals surface area contributed by atoms with E-state index >= 15 is 0 Å². The Hall–Kier alpha value is -0.900. The van der Waals surface area contributed by atoms with Crippen LogP contribution >= 0.6 is 0 Å². The number of hydrogen-bond donors (Lipinski definition) is 1. The van der Waals surface area contributed by atoms with Gasteiger partial charge in [0, 0.05) is 19.6 Å². The van der Waals surface area contributed by atoms with E-state index in [9.17, 15) is 5.11 Å². The van der Waals surface area contributed by atoms with E-state index in [0.717, 1.165) is 44.0 Å². The molecule has 3 nitrogen and oxygen atoms in total. The zero-order valence-electron chi connectivity index (χ0n) is 12.5. The van der Waals surface area contributed by atoms with E-state index in [2.05, 4.69) is 24.3 Å². The van der Waals surface area contributed by atoms with Gasteiger partial charge in [0.25, 0.3) is 0 Å². The topological polar surface area (TPSA) is 38.7 Å². The van der Waals surface area contributed by atoms with Crippen molar-refractivity contribution >= 4 is 0 Å². The summed E-state index contributed by atoms with van der Waals surface area (Å²) in [5.41, 5.74) is 2.36. The molecule has 0 amide bonds. The largest absolute Gasteiger partial charge is 0.388 e. The van der Waals surface area contributed by atoms with E-state index < -0.39 is 0 Å². The Morgan fingerprint density at radius 3 is 2.57 bits per heavy atom. The van der Waals surface area contributed by atoms with E-state index in [4.69, 9.17) is 9.47 Å². The Morgan fingerprint density at radius 1 is 1.10 bits per heavy atom. The minimum atomic E-state index is -0.375. The molecule has 3 fully saturated rings. The standard InChI is InChI=1S/C18H24O3/c19-17(15-5-3-14(4-6-15)13-1-2-13)16-7-9-21-18(11-16)8-10-20-12-18/h3-6,13,16-17,19H,1-2,7-12H2. The third-order valence-electron chi connectivity index (χ3n) is 5.37. The van der Waals surface area contributed by atoms with E-state index in [1.165, 1.54) is 18.4 Å². The first-order valence-electron chi connectivity index (χ1n) is 8.25. The summed E-state index contributed by atoms with van der Waals surface area (Å²) in [4.78, 5) is 0. The van der Waals surface area contributed by atoms with E-state index in [1.807, 2.05) is 0 Å². The molecule has 3 heteroatoms. The zero-order valence-corrected chi connectivity index (χ0v) is 12.5. The lowest BCUT2D eigenvalue weighted by atomic mass is 9.80. The Labute approximate surface area is 126 Å². The van der Waals surface area contributed by atoms with Crippen molar-refractivity contribution in [1.29, 1.82) is 0 Å². The minimum absolute atomic E-state index is 0.127. The van der Waals surface area contributed by atoms with Crippen LogP contribution in [0.15, 0.2) is 24.3 Å². The van der Waals surface area contributed by atoms with Crippen LogP contribution in [0.1, 0.15) is 55.3 Å². The van der Waals surface area contributed by atoms with Crippen molar-refractivity contribution < 1.29 is 14.6 Å². The van der Waals surface area contributed by atoms with Crippen molar-refractivity contribution in [1.82, 2.24) is 0 Å². The zero-order chi connectivity index (χ0) is 14.3. The SMILES string of the molecule is OC(c1ccc(C2CC2)cc1)C1CCOC2(CCOC2)C1. The number of aliphatic hydroxyl groups excluding tert-OH is 1. The fourth-order valence-electron chi connectivity index (χ4n) is 3.85. The summed E-state index contributed by atoms with van der Waals surface area (Å²) >= 11 is 0. The molecule has 0 bridgehead atoms. The van der Waals surface area contributed by atoms with Crippen LogP contribution in [0.3, 0.4) is 0 Å². The molecule has 2 aliphatic heterocycles. The molecule has 2 heterocycles. The molecule has 3 aliphatic rings. The molecule has 3 unspecified atom stereocenters. The van der Waals surface area contributed by atoms with E-state index in [-0.39, 0.29) is 17.6 Å². The monoisotopic (exact) mass is 288 g/mol. The molecule has 0 aromatic heterocycles. The highest BCUT2D eigenvalue weighted by molar-refractivity contribution is 5.29. The molecule has 3 atom stereocenters. The molecule has 21 heavy (non-hydrogen) atoms. The molecule has 2 saturated heterocycles. The Bertz CT molecular complexity index is 486. The smallest absolute Gasteiger partial charge is 0.0940 e. The number of benzene rings is 1. The average Bonchev–Trinajstić information content (AvgIpc) is 3.29.